The van der Waals surface area contributed by atoms with E-state index in [0.717, 1.165) is 25.7 Å². The molecule has 1 fully saturated rings. The molecular weight excluding hydrogens is 434 g/mol. The predicted octanol–water partition coefficient (Wildman–Crippen LogP) is 4.36. The first-order chi connectivity index (χ1) is 12.0. The number of rotatable bonds is 4. The Balaban J connectivity index is 1.78. The Morgan fingerprint density at radius 2 is 1.72 bits per heavy atom. The van der Waals surface area contributed by atoms with Gasteiger partial charge in [-0.15, -0.1) is 0 Å². The van der Waals surface area contributed by atoms with Gasteiger partial charge in [-0.1, -0.05) is 25.0 Å². The molecule has 1 saturated carbocycles. The lowest BCUT2D eigenvalue weighted by molar-refractivity contribution is 0.0939. The standard InChI is InChI=1S/C19H18FIN2O2/c20-12-9-10-14(16(21)11-12)18(24)23-17-8-4-3-7-15(17)19(25)22-13-5-1-2-6-13/h3-4,7-11,13H,1-2,5-6H2,(H,22,25)(H,23,24). The van der Waals surface area contributed by atoms with Crippen LogP contribution in [0.25, 0.3) is 0 Å². The minimum absolute atomic E-state index is 0.184. The fraction of sp³-hybridized carbons (Fsp3) is 0.263. The van der Waals surface area contributed by atoms with Gasteiger partial charge in [0.2, 0.25) is 0 Å². The predicted molar refractivity (Wildman–Crippen MR) is 103 cm³/mol. The van der Waals surface area contributed by atoms with Crippen LogP contribution in [0.2, 0.25) is 0 Å². The van der Waals surface area contributed by atoms with E-state index in [1.807, 2.05) is 22.6 Å². The zero-order valence-corrected chi connectivity index (χ0v) is 15.7. The van der Waals surface area contributed by atoms with Crippen LogP contribution in [0.3, 0.4) is 0 Å². The summed E-state index contributed by atoms with van der Waals surface area (Å²) in [6.07, 6.45) is 4.25. The highest BCUT2D eigenvalue weighted by molar-refractivity contribution is 14.1. The monoisotopic (exact) mass is 452 g/mol. The van der Waals surface area contributed by atoms with Crippen LogP contribution in [0.5, 0.6) is 0 Å². The molecule has 0 unspecified atom stereocenters. The molecule has 0 bridgehead atoms. The van der Waals surface area contributed by atoms with E-state index >= 15 is 0 Å². The molecule has 25 heavy (non-hydrogen) atoms. The summed E-state index contributed by atoms with van der Waals surface area (Å²) in [5.41, 5.74) is 1.25. The van der Waals surface area contributed by atoms with Crippen molar-refractivity contribution in [2.45, 2.75) is 31.7 Å². The Kier molecular flexibility index (Phi) is 5.67. The number of hydrogen-bond acceptors (Lipinski definition) is 2. The van der Waals surface area contributed by atoms with Crippen LogP contribution in [0, 0.1) is 9.39 Å². The summed E-state index contributed by atoms with van der Waals surface area (Å²) in [4.78, 5) is 25.0. The van der Waals surface area contributed by atoms with Gasteiger partial charge >= 0.3 is 0 Å². The van der Waals surface area contributed by atoms with E-state index in [0.29, 0.717) is 20.4 Å². The lowest BCUT2D eigenvalue weighted by atomic mass is 10.1. The number of anilines is 1. The van der Waals surface area contributed by atoms with Crippen molar-refractivity contribution in [2.24, 2.45) is 0 Å². The summed E-state index contributed by atoms with van der Waals surface area (Å²) in [6.45, 7) is 0. The SMILES string of the molecule is O=C(Nc1ccccc1C(=O)NC1CCCC1)c1ccc(F)cc1I. The molecule has 3 rings (SSSR count). The lowest BCUT2D eigenvalue weighted by Gasteiger charge is -2.15. The zero-order chi connectivity index (χ0) is 17.8. The topological polar surface area (TPSA) is 58.2 Å². The fourth-order valence-electron chi connectivity index (χ4n) is 2.99. The number of hydrogen-bond donors (Lipinski definition) is 2. The van der Waals surface area contributed by atoms with Crippen LogP contribution in [-0.2, 0) is 0 Å². The largest absolute Gasteiger partial charge is 0.349 e. The van der Waals surface area contributed by atoms with Crippen molar-refractivity contribution < 1.29 is 14.0 Å². The maximum absolute atomic E-state index is 13.2. The third-order valence-corrected chi connectivity index (χ3v) is 5.18. The van der Waals surface area contributed by atoms with E-state index in [-0.39, 0.29) is 17.9 Å². The molecule has 6 heteroatoms. The Hall–Kier alpha value is -1.96. The highest BCUT2D eigenvalue weighted by Crippen LogP contribution is 2.22. The summed E-state index contributed by atoms with van der Waals surface area (Å²) in [6, 6.07) is 11.1. The van der Waals surface area contributed by atoms with Crippen LogP contribution < -0.4 is 10.6 Å². The van der Waals surface area contributed by atoms with Gasteiger partial charge in [0, 0.05) is 9.61 Å². The number of amides is 2. The van der Waals surface area contributed by atoms with E-state index in [1.165, 1.54) is 18.2 Å². The van der Waals surface area contributed by atoms with Crippen LogP contribution in [-0.4, -0.2) is 17.9 Å². The lowest BCUT2D eigenvalue weighted by Crippen LogP contribution is -2.33. The Labute approximate surface area is 159 Å². The average molecular weight is 452 g/mol. The van der Waals surface area contributed by atoms with Crippen molar-refractivity contribution in [2.75, 3.05) is 5.32 Å². The highest BCUT2D eigenvalue weighted by Gasteiger charge is 2.20. The smallest absolute Gasteiger partial charge is 0.256 e. The molecule has 1 aliphatic carbocycles. The number of carbonyl (C=O) groups excluding carboxylic acids is 2. The first-order valence-corrected chi connectivity index (χ1v) is 9.29. The van der Waals surface area contributed by atoms with E-state index in [4.69, 9.17) is 0 Å². The number of benzene rings is 2. The van der Waals surface area contributed by atoms with Crippen LogP contribution in [0.4, 0.5) is 10.1 Å². The van der Waals surface area contributed by atoms with Gasteiger partial charge in [-0.3, -0.25) is 9.59 Å². The molecule has 4 nitrogen and oxygen atoms in total. The molecule has 2 N–H and O–H groups in total. The van der Waals surface area contributed by atoms with Gasteiger partial charge in [-0.05, 0) is 65.8 Å². The third-order valence-electron chi connectivity index (χ3n) is 4.29. The van der Waals surface area contributed by atoms with Crippen LogP contribution >= 0.6 is 22.6 Å². The number of para-hydroxylation sites is 1. The van der Waals surface area contributed by atoms with E-state index in [1.54, 1.807) is 24.3 Å². The van der Waals surface area contributed by atoms with Gasteiger partial charge in [-0.25, -0.2) is 4.39 Å². The third kappa shape index (κ3) is 4.36. The van der Waals surface area contributed by atoms with Crippen molar-refractivity contribution in [3.05, 3.63) is 63.0 Å². The second-order valence-electron chi connectivity index (χ2n) is 6.08. The van der Waals surface area contributed by atoms with E-state index in [2.05, 4.69) is 10.6 Å². The molecule has 0 atom stereocenters. The molecule has 2 aromatic rings. The highest BCUT2D eigenvalue weighted by atomic mass is 127. The van der Waals surface area contributed by atoms with Crippen molar-refractivity contribution in [3.8, 4) is 0 Å². The minimum atomic E-state index is -0.391. The van der Waals surface area contributed by atoms with Crippen LogP contribution in [0.1, 0.15) is 46.4 Å². The number of halogens is 2. The molecule has 2 amide bonds. The summed E-state index contributed by atoms with van der Waals surface area (Å²) in [7, 11) is 0. The van der Waals surface area contributed by atoms with Crippen molar-refractivity contribution in [1.29, 1.82) is 0 Å². The summed E-state index contributed by atoms with van der Waals surface area (Å²) in [5.74, 6) is -0.945. The molecule has 0 saturated heterocycles. The second kappa shape index (κ2) is 7.95. The molecule has 0 aliphatic heterocycles. The fourth-order valence-corrected chi connectivity index (χ4v) is 3.71. The summed E-state index contributed by atoms with van der Waals surface area (Å²) in [5, 5.41) is 5.79. The summed E-state index contributed by atoms with van der Waals surface area (Å²) < 4.78 is 13.7. The number of carbonyl (C=O) groups is 2. The maximum Gasteiger partial charge on any atom is 0.256 e. The van der Waals surface area contributed by atoms with Crippen molar-refractivity contribution in [1.82, 2.24) is 5.32 Å². The number of nitrogens with one attached hydrogen (secondary N) is 2. The van der Waals surface area contributed by atoms with Gasteiger partial charge in [0.25, 0.3) is 11.8 Å². The minimum Gasteiger partial charge on any atom is -0.349 e. The molecule has 0 radical (unpaired) electrons. The van der Waals surface area contributed by atoms with Crippen molar-refractivity contribution >= 4 is 40.1 Å². The van der Waals surface area contributed by atoms with Gasteiger partial charge in [0.1, 0.15) is 5.82 Å². The molecule has 1 aliphatic rings. The van der Waals surface area contributed by atoms with Gasteiger partial charge in [0.15, 0.2) is 0 Å². The van der Waals surface area contributed by atoms with E-state index in [9.17, 15) is 14.0 Å². The average Bonchev–Trinajstić information content (AvgIpc) is 3.08. The molecular formula is C19H18FIN2O2. The Morgan fingerprint density at radius 3 is 2.44 bits per heavy atom. The quantitative estimate of drug-likeness (QED) is 0.678. The van der Waals surface area contributed by atoms with Crippen LogP contribution in [0.15, 0.2) is 42.5 Å². The summed E-state index contributed by atoms with van der Waals surface area (Å²) >= 11 is 1.92. The van der Waals surface area contributed by atoms with Gasteiger partial charge in [0.05, 0.1) is 16.8 Å². The van der Waals surface area contributed by atoms with Crippen molar-refractivity contribution in [3.63, 3.8) is 0 Å². The zero-order valence-electron chi connectivity index (χ0n) is 13.5. The Bertz CT molecular complexity index is 804. The Morgan fingerprint density at radius 1 is 1.00 bits per heavy atom. The maximum atomic E-state index is 13.2. The molecule has 130 valence electrons. The van der Waals surface area contributed by atoms with Gasteiger partial charge < -0.3 is 10.6 Å². The molecule has 0 heterocycles. The first kappa shape index (κ1) is 17.8. The normalized spacial score (nSPS) is 14.3. The molecule has 0 spiro atoms. The first-order valence-electron chi connectivity index (χ1n) is 8.21. The van der Waals surface area contributed by atoms with Gasteiger partial charge in [-0.2, -0.15) is 0 Å². The molecule has 0 aromatic heterocycles. The second-order valence-corrected chi connectivity index (χ2v) is 7.24. The molecule has 2 aromatic carbocycles. The van der Waals surface area contributed by atoms with E-state index < -0.39 is 5.82 Å².